The van der Waals surface area contributed by atoms with E-state index in [1.807, 2.05) is 32.9 Å². The molecule has 1 aliphatic heterocycles. The minimum absolute atomic E-state index is 0.0936. The summed E-state index contributed by atoms with van der Waals surface area (Å²) in [6, 6.07) is 4.01. The van der Waals surface area contributed by atoms with Crippen LogP contribution in [0.3, 0.4) is 0 Å². The van der Waals surface area contributed by atoms with Crippen molar-refractivity contribution in [3.8, 4) is 0 Å². The first-order chi connectivity index (χ1) is 9.94. The number of aliphatic carboxylic acids is 1. The van der Waals surface area contributed by atoms with Gasteiger partial charge in [0, 0.05) is 13.1 Å². The SMILES string of the molecule is Cc1cc(N2CCC(C(=O)O)(C(C)C)C2)n2ncnc2c1. The van der Waals surface area contributed by atoms with Crippen LogP contribution in [0, 0.1) is 18.3 Å². The number of fused-ring (bicyclic) bond motifs is 1. The van der Waals surface area contributed by atoms with Gasteiger partial charge < -0.3 is 10.0 Å². The number of hydrogen-bond donors (Lipinski definition) is 1. The topological polar surface area (TPSA) is 70.7 Å². The van der Waals surface area contributed by atoms with Crippen molar-refractivity contribution in [2.24, 2.45) is 11.3 Å². The molecular formula is C15H20N4O2. The third-order valence-electron chi connectivity index (χ3n) is 4.66. The average molecular weight is 288 g/mol. The van der Waals surface area contributed by atoms with Crippen LogP contribution in [0.15, 0.2) is 18.5 Å². The monoisotopic (exact) mass is 288 g/mol. The first-order valence-electron chi connectivity index (χ1n) is 7.23. The van der Waals surface area contributed by atoms with Gasteiger partial charge in [-0.1, -0.05) is 13.8 Å². The maximum Gasteiger partial charge on any atom is 0.311 e. The largest absolute Gasteiger partial charge is 0.481 e. The van der Waals surface area contributed by atoms with Gasteiger partial charge in [0.2, 0.25) is 0 Å². The van der Waals surface area contributed by atoms with Crippen LogP contribution in [0.5, 0.6) is 0 Å². The number of carboxylic acid groups (broad SMARTS) is 1. The van der Waals surface area contributed by atoms with Crippen molar-refractivity contribution in [3.05, 3.63) is 24.0 Å². The minimum Gasteiger partial charge on any atom is -0.481 e. The molecule has 2 aromatic heterocycles. The van der Waals surface area contributed by atoms with Crippen LogP contribution in [0.25, 0.3) is 5.65 Å². The molecule has 1 saturated heterocycles. The maximum atomic E-state index is 11.8. The number of aryl methyl sites for hydroxylation is 1. The van der Waals surface area contributed by atoms with E-state index < -0.39 is 11.4 Å². The fraction of sp³-hybridized carbons (Fsp3) is 0.533. The van der Waals surface area contributed by atoms with Crippen molar-refractivity contribution in [2.45, 2.75) is 27.2 Å². The van der Waals surface area contributed by atoms with Crippen molar-refractivity contribution in [1.82, 2.24) is 14.6 Å². The van der Waals surface area contributed by atoms with E-state index in [4.69, 9.17) is 0 Å². The van der Waals surface area contributed by atoms with Gasteiger partial charge in [-0.15, -0.1) is 0 Å². The predicted molar refractivity (Wildman–Crippen MR) is 79.5 cm³/mol. The number of carbonyl (C=O) groups is 1. The van der Waals surface area contributed by atoms with E-state index in [2.05, 4.69) is 15.0 Å². The van der Waals surface area contributed by atoms with Crippen LogP contribution < -0.4 is 4.90 Å². The molecule has 3 rings (SSSR count). The molecule has 0 bridgehead atoms. The Morgan fingerprint density at radius 3 is 2.81 bits per heavy atom. The van der Waals surface area contributed by atoms with E-state index in [-0.39, 0.29) is 5.92 Å². The van der Waals surface area contributed by atoms with Gasteiger partial charge >= 0.3 is 5.97 Å². The van der Waals surface area contributed by atoms with Gasteiger partial charge in [-0.25, -0.2) is 4.98 Å². The maximum absolute atomic E-state index is 11.8. The van der Waals surface area contributed by atoms with Gasteiger partial charge in [-0.3, -0.25) is 4.79 Å². The van der Waals surface area contributed by atoms with Crippen molar-refractivity contribution in [2.75, 3.05) is 18.0 Å². The Balaban J connectivity index is 2.02. The highest BCUT2D eigenvalue weighted by Gasteiger charge is 2.47. The molecule has 1 unspecified atom stereocenters. The van der Waals surface area contributed by atoms with E-state index in [0.29, 0.717) is 13.0 Å². The predicted octanol–water partition coefficient (Wildman–Crippen LogP) is 1.97. The number of pyridine rings is 1. The fourth-order valence-corrected chi connectivity index (χ4v) is 3.18. The normalized spacial score (nSPS) is 22.4. The molecule has 1 aliphatic rings. The number of carboxylic acids is 1. The van der Waals surface area contributed by atoms with E-state index in [1.54, 1.807) is 4.52 Å². The Morgan fingerprint density at radius 1 is 1.43 bits per heavy atom. The quantitative estimate of drug-likeness (QED) is 0.935. The van der Waals surface area contributed by atoms with Gasteiger partial charge in [0.15, 0.2) is 5.65 Å². The molecule has 0 saturated carbocycles. The van der Waals surface area contributed by atoms with Gasteiger partial charge in [0.1, 0.15) is 12.1 Å². The first-order valence-corrected chi connectivity index (χ1v) is 7.23. The molecule has 6 heteroatoms. The molecule has 0 radical (unpaired) electrons. The fourth-order valence-electron chi connectivity index (χ4n) is 3.18. The third kappa shape index (κ3) is 2.05. The molecule has 112 valence electrons. The van der Waals surface area contributed by atoms with Crippen molar-refractivity contribution in [3.63, 3.8) is 0 Å². The summed E-state index contributed by atoms with van der Waals surface area (Å²) in [6.07, 6.45) is 2.19. The zero-order chi connectivity index (χ0) is 15.2. The van der Waals surface area contributed by atoms with Crippen molar-refractivity contribution >= 4 is 17.4 Å². The molecule has 6 nitrogen and oxygen atoms in total. The number of nitrogens with zero attached hydrogens (tertiary/aromatic N) is 4. The summed E-state index contributed by atoms with van der Waals surface area (Å²) in [5.74, 6) is 0.310. The molecule has 1 fully saturated rings. The lowest BCUT2D eigenvalue weighted by atomic mass is 9.76. The van der Waals surface area contributed by atoms with Crippen LogP contribution >= 0.6 is 0 Å². The average Bonchev–Trinajstić information content (AvgIpc) is 3.04. The Bertz CT molecular complexity index is 694. The number of rotatable bonds is 3. The highest BCUT2D eigenvalue weighted by Crippen LogP contribution is 2.40. The molecule has 0 aromatic carbocycles. The van der Waals surface area contributed by atoms with E-state index in [0.717, 1.165) is 23.6 Å². The smallest absolute Gasteiger partial charge is 0.311 e. The molecule has 1 atom stereocenters. The summed E-state index contributed by atoms with van der Waals surface area (Å²) >= 11 is 0. The van der Waals surface area contributed by atoms with Crippen molar-refractivity contribution in [1.29, 1.82) is 0 Å². The molecule has 21 heavy (non-hydrogen) atoms. The number of hydrogen-bond acceptors (Lipinski definition) is 4. The van der Waals surface area contributed by atoms with Crippen LogP contribution in [0.1, 0.15) is 25.8 Å². The number of anilines is 1. The summed E-state index contributed by atoms with van der Waals surface area (Å²) in [4.78, 5) is 18.1. The molecule has 0 amide bonds. The highest BCUT2D eigenvalue weighted by molar-refractivity contribution is 5.77. The van der Waals surface area contributed by atoms with Crippen LogP contribution in [-0.4, -0.2) is 38.8 Å². The second kappa shape index (κ2) is 4.72. The summed E-state index contributed by atoms with van der Waals surface area (Å²) in [5, 5.41) is 13.9. The summed E-state index contributed by atoms with van der Waals surface area (Å²) in [7, 11) is 0. The molecule has 3 heterocycles. The van der Waals surface area contributed by atoms with Crippen LogP contribution in [0.4, 0.5) is 5.82 Å². The van der Waals surface area contributed by atoms with E-state index in [1.165, 1.54) is 6.33 Å². The summed E-state index contributed by atoms with van der Waals surface area (Å²) < 4.78 is 1.78. The third-order valence-corrected chi connectivity index (χ3v) is 4.66. The lowest BCUT2D eigenvalue weighted by molar-refractivity contribution is -0.150. The molecule has 0 aliphatic carbocycles. The van der Waals surface area contributed by atoms with Crippen molar-refractivity contribution < 1.29 is 9.90 Å². The summed E-state index contributed by atoms with van der Waals surface area (Å²) in [5.41, 5.74) is 1.21. The zero-order valence-electron chi connectivity index (χ0n) is 12.6. The van der Waals surface area contributed by atoms with Gasteiger partial charge in [0.05, 0.1) is 5.41 Å². The highest BCUT2D eigenvalue weighted by atomic mass is 16.4. The van der Waals surface area contributed by atoms with Gasteiger partial charge in [-0.2, -0.15) is 9.61 Å². The molecule has 0 spiro atoms. The van der Waals surface area contributed by atoms with Gasteiger partial charge in [0.25, 0.3) is 0 Å². The molecule has 1 N–H and O–H groups in total. The lowest BCUT2D eigenvalue weighted by Crippen LogP contribution is -2.39. The second-order valence-corrected chi connectivity index (χ2v) is 6.21. The van der Waals surface area contributed by atoms with Crippen LogP contribution in [-0.2, 0) is 4.79 Å². The van der Waals surface area contributed by atoms with E-state index in [9.17, 15) is 9.90 Å². The van der Waals surface area contributed by atoms with E-state index >= 15 is 0 Å². The Labute approximate surface area is 123 Å². The Hall–Kier alpha value is -2.11. The number of aromatic nitrogens is 3. The van der Waals surface area contributed by atoms with Crippen LogP contribution in [0.2, 0.25) is 0 Å². The molecule has 2 aromatic rings. The Kier molecular flexibility index (Phi) is 3.11. The zero-order valence-corrected chi connectivity index (χ0v) is 12.6. The summed E-state index contributed by atoms with van der Waals surface area (Å²) in [6.45, 7) is 7.22. The second-order valence-electron chi connectivity index (χ2n) is 6.21. The minimum atomic E-state index is -0.706. The first kappa shape index (κ1) is 13.9. The lowest BCUT2D eigenvalue weighted by Gasteiger charge is -2.29. The molecular weight excluding hydrogens is 268 g/mol. The Morgan fingerprint density at radius 2 is 2.19 bits per heavy atom. The standard InChI is InChI=1S/C15H20N4O2/c1-10(2)15(14(20)21)4-5-18(8-15)13-7-11(3)6-12-16-9-17-19(12)13/h6-7,9-10H,4-5,8H2,1-3H3,(H,20,21). The van der Waals surface area contributed by atoms with Gasteiger partial charge in [-0.05, 0) is 37.0 Å².